The SMILES string of the molecule is CCc1cc(CC)c(C(NC)C2CCCC2C)c(CC)c1. The summed E-state index contributed by atoms with van der Waals surface area (Å²) in [6.45, 7) is 9.33. The topological polar surface area (TPSA) is 12.0 Å². The monoisotopic (exact) mass is 287 g/mol. The molecule has 0 aromatic heterocycles. The standard InChI is InChI=1S/C20H33N/c1-6-15-12-16(7-2)19(17(8-3)13-15)20(21-5)18-11-9-10-14(18)4/h12-14,18,20-21H,6-11H2,1-5H3. The van der Waals surface area contributed by atoms with Crippen molar-refractivity contribution in [1.29, 1.82) is 0 Å². The Morgan fingerprint density at radius 1 is 1.05 bits per heavy atom. The van der Waals surface area contributed by atoms with Gasteiger partial charge in [0.25, 0.3) is 0 Å². The van der Waals surface area contributed by atoms with Crippen molar-refractivity contribution in [2.45, 2.75) is 72.3 Å². The average molecular weight is 287 g/mol. The number of hydrogen-bond donors (Lipinski definition) is 1. The van der Waals surface area contributed by atoms with Crippen LogP contribution in [0.1, 0.15) is 75.3 Å². The van der Waals surface area contributed by atoms with Gasteiger partial charge in [0, 0.05) is 6.04 Å². The van der Waals surface area contributed by atoms with Crippen molar-refractivity contribution in [3.05, 3.63) is 34.4 Å². The molecule has 1 fully saturated rings. The minimum atomic E-state index is 0.540. The first-order valence-corrected chi connectivity index (χ1v) is 8.97. The van der Waals surface area contributed by atoms with Crippen LogP contribution in [0.25, 0.3) is 0 Å². The van der Waals surface area contributed by atoms with Crippen LogP contribution < -0.4 is 5.32 Å². The average Bonchev–Trinajstić information content (AvgIpc) is 2.94. The summed E-state index contributed by atoms with van der Waals surface area (Å²) in [5, 5.41) is 3.68. The molecule has 1 saturated carbocycles. The quantitative estimate of drug-likeness (QED) is 0.770. The van der Waals surface area contributed by atoms with Crippen molar-refractivity contribution in [1.82, 2.24) is 5.32 Å². The van der Waals surface area contributed by atoms with Gasteiger partial charge < -0.3 is 5.32 Å². The number of rotatable bonds is 6. The van der Waals surface area contributed by atoms with Gasteiger partial charge in [-0.3, -0.25) is 0 Å². The summed E-state index contributed by atoms with van der Waals surface area (Å²) in [7, 11) is 2.16. The predicted molar refractivity (Wildman–Crippen MR) is 92.9 cm³/mol. The molecule has 0 amide bonds. The fraction of sp³-hybridized carbons (Fsp3) is 0.700. The normalized spacial score (nSPS) is 23.5. The van der Waals surface area contributed by atoms with E-state index in [0.717, 1.165) is 31.1 Å². The molecule has 1 aromatic carbocycles. The Morgan fingerprint density at radius 2 is 1.67 bits per heavy atom. The Morgan fingerprint density at radius 3 is 2.05 bits per heavy atom. The molecule has 3 atom stereocenters. The van der Waals surface area contributed by atoms with E-state index in [1.807, 2.05) is 0 Å². The van der Waals surface area contributed by atoms with Gasteiger partial charge in [0.15, 0.2) is 0 Å². The van der Waals surface area contributed by atoms with Crippen LogP contribution in [0.2, 0.25) is 0 Å². The molecule has 0 spiro atoms. The second kappa shape index (κ2) is 7.45. The zero-order chi connectivity index (χ0) is 15.4. The summed E-state index contributed by atoms with van der Waals surface area (Å²) in [5.74, 6) is 1.65. The fourth-order valence-electron chi connectivity index (χ4n) is 4.28. The summed E-state index contributed by atoms with van der Waals surface area (Å²) >= 11 is 0. The van der Waals surface area contributed by atoms with E-state index in [2.05, 4.69) is 52.2 Å². The van der Waals surface area contributed by atoms with Crippen molar-refractivity contribution < 1.29 is 0 Å². The highest BCUT2D eigenvalue weighted by Crippen LogP contribution is 2.42. The molecule has 118 valence electrons. The van der Waals surface area contributed by atoms with Crippen LogP contribution in [0.4, 0.5) is 0 Å². The maximum atomic E-state index is 3.68. The lowest BCUT2D eigenvalue weighted by atomic mass is 9.80. The molecule has 1 aliphatic rings. The number of aryl methyl sites for hydroxylation is 3. The molecular formula is C20H33N. The van der Waals surface area contributed by atoms with Crippen molar-refractivity contribution in [2.75, 3.05) is 7.05 Å². The molecule has 1 aromatic rings. The molecule has 1 N–H and O–H groups in total. The minimum absolute atomic E-state index is 0.540. The lowest BCUT2D eigenvalue weighted by Gasteiger charge is -2.31. The van der Waals surface area contributed by atoms with E-state index in [1.165, 1.54) is 24.8 Å². The Kier molecular flexibility index (Phi) is 5.87. The summed E-state index contributed by atoms with van der Waals surface area (Å²) in [6.07, 6.45) is 7.63. The van der Waals surface area contributed by atoms with Gasteiger partial charge >= 0.3 is 0 Å². The Hall–Kier alpha value is -0.820. The number of benzene rings is 1. The van der Waals surface area contributed by atoms with Gasteiger partial charge in [0.2, 0.25) is 0 Å². The lowest BCUT2D eigenvalue weighted by molar-refractivity contribution is 0.313. The highest BCUT2D eigenvalue weighted by Gasteiger charge is 2.33. The van der Waals surface area contributed by atoms with Crippen LogP contribution in [-0.2, 0) is 19.3 Å². The van der Waals surface area contributed by atoms with Gasteiger partial charge in [-0.1, -0.05) is 52.7 Å². The summed E-state index contributed by atoms with van der Waals surface area (Å²) < 4.78 is 0. The highest BCUT2D eigenvalue weighted by atomic mass is 14.9. The van der Waals surface area contributed by atoms with E-state index in [4.69, 9.17) is 0 Å². The molecule has 0 aliphatic heterocycles. The van der Waals surface area contributed by atoms with Crippen molar-refractivity contribution in [2.24, 2.45) is 11.8 Å². The van der Waals surface area contributed by atoms with Crippen LogP contribution in [-0.4, -0.2) is 7.05 Å². The summed E-state index contributed by atoms with van der Waals surface area (Å²) in [4.78, 5) is 0. The van der Waals surface area contributed by atoms with Gasteiger partial charge in [0.1, 0.15) is 0 Å². The second-order valence-electron chi connectivity index (χ2n) is 6.73. The molecule has 1 nitrogen and oxygen atoms in total. The van der Waals surface area contributed by atoms with E-state index in [9.17, 15) is 0 Å². The minimum Gasteiger partial charge on any atom is -0.313 e. The predicted octanol–water partition coefficient (Wildman–Crippen LogP) is 5.07. The summed E-state index contributed by atoms with van der Waals surface area (Å²) in [6, 6.07) is 5.45. The first-order valence-electron chi connectivity index (χ1n) is 8.97. The van der Waals surface area contributed by atoms with Gasteiger partial charge in [-0.25, -0.2) is 0 Å². The smallest absolute Gasteiger partial charge is 0.0354 e. The van der Waals surface area contributed by atoms with Crippen LogP contribution in [0.15, 0.2) is 12.1 Å². The zero-order valence-corrected chi connectivity index (χ0v) is 14.6. The molecule has 1 aliphatic carbocycles. The second-order valence-corrected chi connectivity index (χ2v) is 6.73. The molecule has 0 saturated heterocycles. The molecule has 0 radical (unpaired) electrons. The zero-order valence-electron chi connectivity index (χ0n) is 14.6. The van der Waals surface area contributed by atoms with Gasteiger partial charge in [0.05, 0.1) is 0 Å². The van der Waals surface area contributed by atoms with Gasteiger partial charge in [-0.15, -0.1) is 0 Å². The van der Waals surface area contributed by atoms with Crippen molar-refractivity contribution in [3.8, 4) is 0 Å². The molecule has 1 heteroatoms. The van der Waals surface area contributed by atoms with Crippen molar-refractivity contribution in [3.63, 3.8) is 0 Å². The van der Waals surface area contributed by atoms with E-state index >= 15 is 0 Å². The molecule has 21 heavy (non-hydrogen) atoms. The fourth-order valence-corrected chi connectivity index (χ4v) is 4.28. The number of hydrogen-bond acceptors (Lipinski definition) is 1. The van der Waals surface area contributed by atoms with Gasteiger partial charge in [-0.2, -0.15) is 0 Å². The van der Waals surface area contributed by atoms with Crippen LogP contribution in [0.5, 0.6) is 0 Å². The van der Waals surface area contributed by atoms with E-state index in [-0.39, 0.29) is 0 Å². The largest absolute Gasteiger partial charge is 0.313 e. The van der Waals surface area contributed by atoms with E-state index < -0.39 is 0 Å². The number of nitrogens with one attached hydrogen (secondary N) is 1. The van der Waals surface area contributed by atoms with Crippen LogP contribution in [0, 0.1) is 11.8 Å². The highest BCUT2D eigenvalue weighted by molar-refractivity contribution is 5.42. The van der Waals surface area contributed by atoms with Crippen LogP contribution in [0.3, 0.4) is 0 Å². The van der Waals surface area contributed by atoms with Gasteiger partial charge in [-0.05, 0) is 66.8 Å². The third-order valence-electron chi connectivity index (χ3n) is 5.56. The third kappa shape index (κ3) is 3.34. The maximum absolute atomic E-state index is 3.68. The first kappa shape index (κ1) is 16.5. The van der Waals surface area contributed by atoms with Crippen LogP contribution >= 0.6 is 0 Å². The van der Waals surface area contributed by atoms with Crippen molar-refractivity contribution >= 4 is 0 Å². The Bertz CT molecular complexity index is 438. The molecule has 0 heterocycles. The first-order chi connectivity index (χ1) is 10.2. The van der Waals surface area contributed by atoms with E-state index in [1.54, 1.807) is 16.7 Å². The lowest BCUT2D eigenvalue weighted by Crippen LogP contribution is -2.29. The molecule has 0 bridgehead atoms. The maximum Gasteiger partial charge on any atom is 0.0354 e. The Labute approximate surface area is 131 Å². The molecular weight excluding hydrogens is 254 g/mol. The van der Waals surface area contributed by atoms with E-state index in [0.29, 0.717) is 6.04 Å². The molecule has 3 unspecified atom stereocenters. The summed E-state index contributed by atoms with van der Waals surface area (Å²) in [5.41, 5.74) is 6.27. The Balaban J connectivity index is 2.48. The molecule has 2 rings (SSSR count). The third-order valence-corrected chi connectivity index (χ3v) is 5.56.